The summed E-state index contributed by atoms with van der Waals surface area (Å²) in [6.45, 7) is 1.26. The van der Waals surface area contributed by atoms with Gasteiger partial charge in [-0.05, 0) is 33.5 Å². The molecule has 1 atom stereocenters. The summed E-state index contributed by atoms with van der Waals surface area (Å²) in [6.07, 6.45) is 0. The number of esters is 1. The van der Waals surface area contributed by atoms with Crippen LogP contribution in [-0.2, 0) is 22.6 Å². The average Bonchev–Trinajstić information content (AvgIpc) is 3.20. The molecule has 4 rings (SSSR count). The lowest BCUT2D eigenvalue weighted by Gasteiger charge is -2.33. The van der Waals surface area contributed by atoms with E-state index in [-0.39, 0.29) is 12.0 Å². The second kappa shape index (κ2) is 7.40. The molecule has 0 fully saturated rings. The van der Waals surface area contributed by atoms with Crippen LogP contribution in [0.15, 0.2) is 53.9 Å². The standard InChI is InChI=1S/C21H20N2O3S/c1-26-20(24)18-13-23(12-16-5-2-3-8-17(16)18)21(25)22-11-15-7-4-6-14-9-10-27-19(14)15/h2-10,18H,11-13H2,1H3,(H,22,25). The van der Waals surface area contributed by atoms with Gasteiger partial charge in [0.05, 0.1) is 13.0 Å². The molecule has 0 spiro atoms. The molecule has 0 saturated carbocycles. The number of hydrogen-bond donors (Lipinski definition) is 1. The minimum Gasteiger partial charge on any atom is -0.468 e. The van der Waals surface area contributed by atoms with E-state index >= 15 is 0 Å². The Morgan fingerprint density at radius 3 is 2.89 bits per heavy atom. The van der Waals surface area contributed by atoms with E-state index in [1.54, 1.807) is 16.2 Å². The molecule has 0 aliphatic carbocycles. The van der Waals surface area contributed by atoms with E-state index < -0.39 is 5.92 Å². The molecule has 0 saturated heterocycles. The number of fused-ring (bicyclic) bond motifs is 2. The van der Waals surface area contributed by atoms with E-state index in [0.717, 1.165) is 16.7 Å². The topological polar surface area (TPSA) is 58.6 Å². The Morgan fingerprint density at radius 2 is 2.04 bits per heavy atom. The van der Waals surface area contributed by atoms with Crippen LogP contribution in [0.25, 0.3) is 10.1 Å². The minimum absolute atomic E-state index is 0.174. The van der Waals surface area contributed by atoms with Gasteiger partial charge in [-0.2, -0.15) is 0 Å². The number of nitrogens with one attached hydrogen (secondary N) is 1. The highest BCUT2D eigenvalue weighted by Crippen LogP contribution is 2.29. The summed E-state index contributed by atoms with van der Waals surface area (Å²) in [7, 11) is 1.38. The van der Waals surface area contributed by atoms with Crippen LogP contribution in [0.4, 0.5) is 4.79 Å². The number of methoxy groups -OCH3 is 1. The summed E-state index contributed by atoms with van der Waals surface area (Å²) in [5.74, 6) is -0.769. The highest BCUT2D eigenvalue weighted by Gasteiger charge is 2.33. The van der Waals surface area contributed by atoms with Gasteiger partial charge in [-0.1, -0.05) is 42.5 Å². The summed E-state index contributed by atoms with van der Waals surface area (Å²) >= 11 is 1.67. The van der Waals surface area contributed by atoms with Gasteiger partial charge in [-0.25, -0.2) is 4.79 Å². The molecular formula is C21H20N2O3S. The minimum atomic E-state index is -0.452. The first-order valence-corrected chi connectivity index (χ1v) is 9.69. The fraction of sp³-hybridized carbons (Fsp3) is 0.238. The Morgan fingerprint density at radius 1 is 1.19 bits per heavy atom. The van der Waals surface area contributed by atoms with Gasteiger partial charge in [0, 0.05) is 24.3 Å². The summed E-state index contributed by atoms with van der Waals surface area (Å²) in [6, 6.07) is 15.7. The van der Waals surface area contributed by atoms with Crippen LogP contribution in [0.2, 0.25) is 0 Å². The fourth-order valence-corrected chi connectivity index (χ4v) is 4.50. The zero-order chi connectivity index (χ0) is 18.8. The lowest BCUT2D eigenvalue weighted by atomic mass is 9.90. The maximum Gasteiger partial charge on any atom is 0.318 e. The highest BCUT2D eigenvalue weighted by atomic mass is 32.1. The van der Waals surface area contributed by atoms with Gasteiger partial charge in [0.25, 0.3) is 0 Å². The van der Waals surface area contributed by atoms with E-state index in [9.17, 15) is 9.59 Å². The zero-order valence-corrected chi connectivity index (χ0v) is 15.8. The van der Waals surface area contributed by atoms with Crippen molar-refractivity contribution in [2.75, 3.05) is 13.7 Å². The summed E-state index contributed by atoms with van der Waals surface area (Å²) in [5, 5.41) is 6.24. The summed E-state index contributed by atoms with van der Waals surface area (Å²) in [5.41, 5.74) is 3.02. The molecule has 3 aromatic rings. The first kappa shape index (κ1) is 17.5. The Kier molecular flexibility index (Phi) is 4.81. The van der Waals surface area contributed by atoms with E-state index in [1.807, 2.05) is 36.4 Å². The fourth-order valence-electron chi connectivity index (χ4n) is 3.58. The van der Waals surface area contributed by atoms with Gasteiger partial charge >= 0.3 is 12.0 Å². The van der Waals surface area contributed by atoms with E-state index in [2.05, 4.69) is 22.8 Å². The quantitative estimate of drug-likeness (QED) is 0.702. The van der Waals surface area contributed by atoms with Crippen molar-refractivity contribution in [1.82, 2.24) is 10.2 Å². The molecular weight excluding hydrogens is 360 g/mol. The van der Waals surface area contributed by atoms with E-state index in [4.69, 9.17) is 4.74 Å². The number of carbonyl (C=O) groups is 2. The van der Waals surface area contributed by atoms with Crippen LogP contribution in [-0.4, -0.2) is 30.6 Å². The Hall–Kier alpha value is -2.86. The Balaban J connectivity index is 1.50. The number of rotatable bonds is 3. The van der Waals surface area contributed by atoms with Crippen LogP contribution in [0.1, 0.15) is 22.6 Å². The third-order valence-electron chi connectivity index (χ3n) is 4.96. The van der Waals surface area contributed by atoms with Crippen molar-refractivity contribution in [3.8, 4) is 0 Å². The van der Waals surface area contributed by atoms with Crippen molar-refractivity contribution >= 4 is 33.4 Å². The largest absolute Gasteiger partial charge is 0.468 e. The molecule has 1 aromatic heterocycles. The molecule has 6 heteroatoms. The molecule has 0 bridgehead atoms. The third-order valence-corrected chi connectivity index (χ3v) is 5.96. The predicted octanol–water partition coefficient (Wildman–Crippen LogP) is 3.88. The number of ether oxygens (including phenoxy) is 1. The lowest BCUT2D eigenvalue weighted by molar-refractivity contribution is -0.143. The van der Waals surface area contributed by atoms with Crippen molar-refractivity contribution in [1.29, 1.82) is 0 Å². The van der Waals surface area contributed by atoms with E-state index in [1.165, 1.54) is 17.2 Å². The van der Waals surface area contributed by atoms with Crippen LogP contribution >= 0.6 is 11.3 Å². The highest BCUT2D eigenvalue weighted by molar-refractivity contribution is 7.17. The van der Waals surface area contributed by atoms with Gasteiger partial charge in [0.1, 0.15) is 0 Å². The molecule has 1 unspecified atom stereocenters. The first-order chi connectivity index (χ1) is 13.2. The number of urea groups is 1. The lowest BCUT2D eigenvalue weighted by Crippen LogP contribution is -2.45. The third kappa shape index (κ3) is 3.40. The molecule has 1 N–H and O–H groups in total. The van der Waals surface area contributed by atoms with Crippen molar-refractivity contribution in [3.63, 3.8) is 0 Å². The van der Waals surface area contributed by atoms with Crippen molar-refractivity contribution in [2.24, 2.45) is 0 Å². The molecule has 27 heavy (non-hydrogen) atoms. The Bertz CT molecular complexity index is 998. The second-order valence-corrected chi connectivity index (χ2v) is 7.49. The average molecular weight is 380 g/mol. The van der Waals surface area contributed by atoms with Crippen LogP contribution in [0.5, 0.6) is 0 Å². The van der Waals surface area contributed by atoms with Crippen molar-refractivity contribution < 1.29 is 14.3 Å². The molecule has 1 aliphatic heterocycles. The molecule has 1 aliphatic rings. The van der Waals surface area contributed by atoms with Gasteiger partial charge in [0.2, 0.25) is 0 Å². The van der Waals surface area contributed by atoms with Gasteiger partial charge in [-0.3, -0.25) is 4.79 Å². The summed E-state index contributed by atoms with van der Waals surface area (Å²) in [4.78, 5) is 26.7. The van der Waals surface area contributed by atoms with E-state index in [0.29, 0.717) is 19.6 Å². The smallest absolute Gasteiger partial charge is 0.318 e. The van der Waals surface area contributed by atoms with Crippen molar-refractivity contribution in [2.45, 2.75) is 19.0 Å². The van der Waals surface area contributed by atoms with Crippen LogP contribution < -0.4 is 5.32 Å². The molecule has 0 radical (unpaired) electrons. The van der Waals surface area contributed by atoms with Crippen LogP contribution in [0, 0.1) is 0 Å². The number of benzene rings is 2. The molecule has 138 valence electrons. The molecule has 2 amide bonds. The molecule has 2 heterocycles. The van der Waals surface area contributed by atoms with Gasteiger partial charge in [0.15, 0.2) is 0 Å². The maximum absolute atomic E-state index is 12.8. The summed E-state index contributed by atoms with van der Waals surface area (Å²) < 4.78 is 6.14. The second-order valence-electron chi connectivity index (χ2n) is 6.57. The monoisotopic (exact) mass is 380 g/mol. The normalized spacial score (nSPS) is 16.0. The zero-order valence-electron chi connectivity index (χ0n) is 15.0. The predicted molar refractivity (Wildman–Crippen MR) is 106 cm³/mol. The number of nitrogens with zero attached hydrogens (tertiary/aromatic N) is 1. The first-order valence-electron chi connectivity index (χ1n) is 8.81. The SMILES string of the molecule is COC(=O)C1CN(C(=O)NCc2cccc3ccsc23)Cc2ccccc21. The molecule has 2 aromatic carbocycles. The number of hydrogen-bond acceptors (Lipinski definition) is 4. The number of carbonyl (C=O) groups excluding carboxylic acids is 2. The number of thiophene rings is 1. The number of amides is 2. The van der Waals surface area contributed by atoms with Crippen LogP contribution in [0.3, 0.4) is 0 Å². The molecule has 5 nitrogen and oxygen atoms in total. The maximum atomic E-state index is 12.8. The van der Waals surface area contributed by atoms with Gasteiger partial charge in [-0.15, -0.1) is 11.3 Å². The Labute approximate surface area is 161 Å². The van der Waals surface area contributed by atoms with Gasteiger partial charge < -0.3 is 15.0 Å². The van der Waals surface area contributed by atoms with Crippen molar-refractivity contribution in [3.05, 3.63) is 70.6 Å².